The van der Waals surface area contributed by atoms with Gasteiger partial charge < -0.3 is 24.8 Å². The van der Waals surface area contributed by atoms with Crippen LogP contribution in [0.4, 0.5) is 5.69 Å². The van der Waals surface area contributed by atoms with Crippen LogP contribution >= 0.6 is 24.0 Å². The Bertz CT molecular complexity index is 570. The maximum Gasteiger partial charge on any atom is 0.305 e. The normalized spacial score (nSPS) is 10.8. The summed E-state index contributed by atoms with van der Waals surface area (Å²) in [7, 11) is 4.86. The molecule has 0 spiro atoms. The van der Waals surface area contributed by atoms with Crippen molar-refractivity contribution in [2.75, 3.05) is 46.3 Å². The molecule has 0 bridgehead atoms. The van der Waals surface area contributed by atoms with Gasteiger partial charge >= 0.3 is 5.97 Å². The van der Waals surface area contributed by atoms with E-state index in [0.29, 0.717) is 19.6 Å². The second kappa shape index (κ2) is 17.5. The van der Waals surface area contributed by atoms with Gasteiger partial charge in [0.1, 0.15) is 5.75 Å². The van der Waals surface area contributed by atoms with E-state index in [-0.39, 0.29) is 29.9 Å². The van der Waals surface area contributed by atoms with Crippen LogP contribution in [0.25, 0.3) is 0 Å². The van der Waals surface area contributed by atoms with Gasteiger partial charge in [0.05, 0.1) is 13.7 Å². The number of nitrogens with zero attached hydrogens (tertiary/aromatic N) is 1. The summed E-state index contributed by atoms with van der Waals surface area (Å²) in [4.78, 5) is 15.3. The Morgan fingerprint density at radius 2 is 1.86 bits per heavy atom. The zero-order chi connectivity index (χ0) is 19.7. The van der Waals surface area contributed by atoms with Crippen molar-refractivity contribution < 1.29 is 19.0 Å². The molecule has 0 aliphatic heterocycles. The molecule has 8 heteroatoms. The monoisotopic (exact) mass is 507 g/mol. The van der Waals surface area contributed by atoms with Crippen molar-refractivity contribution in [3.05, 3.63) is 24.3 Å². The Balaban J connectivity index is 0.00000729. The van der Waals surface area contributed by atoms with Crippen molar-refractivity contribution >= 4 is 41.6 Å². The van der Waals surface area contributed by atoms with Gasteiger partial charge in [0, 0.05) is 51.9 Å². The van der Waals surface area contributed by atoms with Crippen LogP contribution in [0.2, 0.25) is 0 Å². The molecule has 0 heterocycles. The minimum Gasteiger partial charge on any atom is -0.493 e. The van der Waals surface area contributed by atoms with Gasteiger partial charge in [0.25, 0.3) is 0 Å². The first-order valence-corrected chi connectivity index (χ1v) is 9.46. The van der Waals surface area contributed by atoms with E-state index >= 15 is 0 Å². The highest BCUT2D eigenvalue weighted by Gasteiger charge is 2.02. The van der Waals surface area contributed by atoms with Gasteiger partial charge in [0.15, 0.2) is 5.96 Å². The SMILES string of the molecule is CN=C(NCCCCCCC(=O)OC)Nc1cccc(OCCCOC)c1.I. The van der Waals surface area contributed by atoms with Gasteiger partial charge in [-0.15, -0.1) is 24.0 Å². The number of halogens is 1. The van der Waals surface area contributed by atoms with Gasteiger partial charge in [-0.3, -0.25) is 9.79 Å². The second-order valence-corrected chi connectivity index (χ2v) is 6.09. The maximum atomic E-state index is 11.0. The van der Waals surface area contributed by atoms with Crippen molar-refractivity contribution in [3.63, 3.8) is 0 Å². The topological polar surface area (TPSA) is 81.2 Å². The summed E-state index contributed by atoms with van der Waals surface area (Å²) in [6.45, 7) is 2.14. The molecule has 28 heavy (non-hydrogen) atoms. The Labute approximate surface area is 185 Å². The highest BCUT2D eigenvalue weighted by molar-refractivity contribution is 14.0. The summed E-state index contributed by atoms with van der Waals surface area (Å²) in [6, 6.07) is 7.80. The molecule has 160 valence electrons. The van der Waals surface area contributed by atoms with Crippen LogP contribution in [0, 0.1) is 0 Å². The first-order chi connectivity index (χ1) is 13.2. The highest BCUT2D eigenvalue weighted by Crippen LogP contribution is 2.17. The number of hydrogen-bond acceptors (Lipinski definition) is 5. The third kappa shape index (κ3) is 12.8. The smallest absolute Gasteiger partial charge is 0.305 e. The molecule has 7 nitrogen and oxygen atoms in total. The molecule has 0 amide bonds. The number of anilines is 1. The molecule has 1 rings (SSSR count). The zero-order valence-corrected chi connectivity index (χ0v) is 19.5. The Morgan fingerprint density at radius 1 is 1.07 bits per heavy atom. The highest BCUT2D eigenvalue weighted by atomic mass is 127. The quantitative estimate of drug-likeness (QED) is 0.139. The number of carbonyl (C=O) groups excluding carboxylic acids is 1. The lowest BCUT2D eigenvalue weighted by molar-refractivity contribution is -0.140. The summed E-state index contributed by atoms with van der Waals surface area (Å²) >= 11 is 0. The third-order valence-electron chi connectivity index (χ3n) is 3.91. The number of unbranched alkanes of at least 4 members (excludes halogenated alkanes) is 3. The molecule has 0 unspecified atom stereocenters. The van der Waals surface area contributed by atoms with Crippen LogP contribution in [-0.2, 0) is 14.3 Å². The number of benzene rings is 1. The second-order valence-electron chi connectivity index (χ2n) is 6.09. The van der Waals surface area contributed by atoms with Gasteiger partial charge in [-0.25, -0.2) is 0 Å². The molecular weight excluding hydrogens is 473 g/mol. The summed E-state index contributed by atoms with van der Waals surface area (Å²) in [6.07, 6.45) is 5.33. The molecule has 0 atom stereocenters. The van der Waals surface area contributed by atoms with E-state index in [9.17, 15) is 4.79 Å². The summed E-state index contributed by atoms with van der Waals surface area (Å²) in [5, 5.41) is 6.57. The Morgan fingerprint density at radius 3 is 2.57 bits per heavy atom. The van der Waals surface area contributed by atoms with Crippen molar-refractivity contribution in [1.82, 2.24) is 5.32 Å². The van der Waals surface area contributed by atoms with Crippen LogP contribution in [0.3, 0.4) is 0 Å². The average molecular weight is 507 g/mol. The van der Waals surface area contributed by atoms with Crippen molar-refractivity contribution in [3.8, 4) is 5.75 Å². The molecule has 0 saturated carbocycles. The standard InChI is InChI=1S/C20H33N3O4.HI/c1-21-20(22-13-7-5-4-6-12-19(24)26-3)23-17-10-8-11-18(16-17)27-15-9-14-25-2;/h8,10-11,16H,4-7,9,12-15H2,1-3H3,(H2,21,22,23);1H. The number of hydrogen-bond donors (Lipinski definition) is 2. The lowest BCUT2D eigenvalue weighted by Gasteiger charge is -2.13. The summed E-state index contributed by atoms with van der Waals surface area (Å²) in [5.41, 5.74) is 0.922. The fourth-order valence-electron chi connectivity index (χ4n) is 2.43. The van der Waals surface area contributed by atoms with E-state index < -0.39 is 0 Å². The van der Waals surface area contributed by atoms with E-state index in [1.54, 1.807) is 14.2 Å². The molecule has 0 saturated heterocycles. The van der Waals surface area contributed by atoms with E-state index in [1.165, 1.54) is 7.11 Å². The van der Waals surface area contributed by atoms with E-state index in [2.05, 4.69) is 20.4 Å². The number of esters is 1. The molecule has 1 aromatic carbocycles. The molecular formula is C20H34IN3O4. The van der Waals surface area contributed by atoms with Gasteiger partial charge in [-0.05, 0) is 25.0 Å². The molecule has 0 aromatic heterocycles. The van der Waals surface area contributed by atoms with Crippen LogP contribution in [0.5, 0.6) is 5.75 Å². The van der Waals surface area contributed by atoms with Crippen LogP contribution in [0.15, 0.2) is 29.3 Å². The lowest BCUT2D eigenvalue weighted by Crippen LogP contribution is -2.31. The van der Waals surface area contributed by atoms with Crippen LogP contribution in [-0.4, -0.2) is 53.0 Å². The lowest BCUT2D eigenvalue weighted by atomic mass is 10.1. The third-order valence-corrected chi connectivity index (χ3v) is 3.91. The van der Waals surface area contributed by atoms with E-state index in [1.807, 2.05) is 24.3 Å². The molecule has 1 aromatic rings. The van der Waals surface area contributed by atoms with Crippen molar-refractivity contribution in [1.29, 1.82) is 0 Å². The first kappa shape index (κ1) is 26.4. The largest absolute Gasteiger partial charge is 0.493 e. The van der Waals surface area contributed by atoms with Crippen molar-refractivity contribution in [2.24, 2.45) is 4.99 Å². The van der Waals surface area contributed by atoms with Gasteiger partial charge in [0.2, 0.25) is 0 Å². The Kier molecular flexibility index (Phi) is 16.6. The number of aliphatic imine (C=N–C) groups is 1. The van der Waals surface area contributed by atoms with Gasteiger partial charge in [-0.1, -0.05) is 18.9 Å². The fraction of sp³-hybridized carbons (Fsp3) is 0.600. The number of nitrogens with one attached hydrogen (secondary N) is 2. The molecule has 0 radical (unpaired) electrons. The number of rotatable bonds is 13. The van der Waals surface area contributed by atoms with E-state index in [0.717, 1.165) is 56.0 Å². The minimum absolute atomic E-state index is 0. The molecule has 0 aliphatic carbocycles. The number of ether oxygens (including phenoxy) is 3. The number of guanidine groups is 1. The minimum atomic E-state index is -0.136. The number of carbonyl (C=O) groups is 1. The van der Waals surface area contributed by atoms with Crippen LogP contribution < -0.4 is 15.4 Å². The summed E-state index contributed by atoms with van der Waals surface area (Å²) < 4.78 is 15.4. The predicted octanol–water partition coefficient (Wildman–Crippen LogP) is 3.83. The fourth-order valence-corrected chi connectivity index (χ4v) is 2.43. The predicted molar refractivity (Wildman–Crippen MR) is 124 cm³/mol. The van der Waals surface area contributed by atoms with E-state index in [4.69, 9.17) is 9.47 Å². The number of methoxy groups -OCH3 is 2. The maximum absolute atomic E-state index is 11.0. The zero-order valence-electron chi connectivity index (χ0n) is 17.2. The Hall–Kier alpha value is -1.55. The summed E-state index contributed by atoms with van der Waals surface area (Å²) in [5.74, 6) is 1.40. The average Bonchev–Trinajstić information content (AvgIpc) is 2.69. The molecule has 2 N–H and O–H groups in total. The first-order valence-electron chi connectivity index (χ1n) is 9.46. The molecule has 0 fully saturated rings. The van der Waals surface area contributed by atoms with Crippen molar-refractivity contribution in [2.45, 2.75) is 38.5 Å². The van der Waals surface area contributed by atoms with Crippen LogP contribution in [0.1, 0.15) is 38.5 Å². The molecule has 0 aliphatic rings. The van der Waals surface area contributed by atoms with Gasteiger partial charge in [-0.2, -0.15) is 0 Å².